The molecule has 0 amide bonds. The van der Waals surface area contributed by atoms with Crippen molar-refractivity contribution in [1.82, 2.24) is 9.55 Å². The minimum Gasteiger partial charge on any atom is -0.778 e. The number of benzene rings is 2. The molecule has 6 heteroatoms. The molecule has 100 valence electrons. The zero-order valence-corrected chi connectivity index (χ0v) is 15.0. The van der Waals surface area contributed by atoms with E-state index in [0.29, 0.717) is 27.4 Å². The van der Waals surface area contributed by atoms with E-state index in [-0.39, 0.29) is 35.1 Å². The summed E-state index contributed by atoms with van der Waals surface area (Å²) in [7, 11) is 0. The summed E-state index contributed by atoms with van der Waals surface area (Å²) in [4.78, 5) is 17.2. The first kappa shape index (κ1) is 16.5. The first-order chi connectivity index (χ1) is 9.66. The molecule has 0 radical (unpaired) electrons. The van der Waals surface area contributed by atoms with Gasteiger partial charge >= 0.3 is 29.6 Å². The summed E-state index contributed by atoms with van der Waals surface area (Å²) in [5.74, 6) is 0. The molecule has 1 heterocycles. The number of halogens is 1. The summed E-state index contributed by atoms with van der Waals surface area (Å²) in [5.41, 5.74) is 1.43. The maximum atomic E-state index is 12.5. The van der Waals surface area contributed by atoms with Crippen LogP contribution in [0, 0.1) is 0 Å². The van der Waals surface area contributed by atoms with Crippen molar-refractivity contribution in [2.24, 2.45) is 0 Å². The van der Waals surface area contributed by atoms with Gasteiger partial charge in [-0.15, -0.1) is 0 Å². The Kier molecular flexibility index (Phi) is 5.41. The summed E-state index contributed by atoms with van der Waals surface area (Å²) < 4.78 is 1.54. The van der Waals surface area contributed by atoms with Crippen LogP contribution in [-0.4, -0.2) is 9.55 Å². The molecule has 0 unspecified atom stereocenters. The van der Waals surface area contributed by atoms with E-state index in [1.54, 1.807) is 12.1 Å². The van der Waals surface area contributed by atoms with Crippen molar-refractivity contribution < 1.29 is 29.6 Å². The first-order valence-corrected chi connectivity index (χ1v) is 6.84. The molecule has 3 aromatic rings. The summed E-state index contributed by atoms with van der Waals surface area (Å²) in [6.45, 7) is 0.459. The molecular weight excluding hydrogens is 315 g/mol. The van der Waals surface area contributed by atoms with Crippen molar-refractivity contribution >= 4 is 35.1 Å². The second kappa shape index (κ2) is 6.90. The number of rotatable bonds is 2. The summed E-state index contributed by atoms with van der Waals surface area (Å²) >= 11 is 11.3. The van der Waals surface area contributed by atoms with Crippen LogP contribution in [-0.2, 0) is 19.2 Å². The van der Waals surface area contributed by atoms with Crippen LogP contribution >= 0.6 is 11.6 Å². The Morgan fingerprint density at radius 2 is 1.86 bits per heavy atom. The standard InChI is InChI=1S/C15H11ClN2OS.Na/c16-14-12(20)7-6-11-13(14)15(19)18(9-17-11)8-10-4-2-1-3-5-10;/h1-7,9,20H,8H2;/q;+1/p-1. The van der Waals surface area contributed by atoms with Crippen molar-refractivity contribution in [1.29, 1.82) is 0 Å². The summed E-state index contributed by atoms with van der Waals surface area (Å²) in [6, 6.07) is 13.1. The van der Waals surface area contributed by atoms with Crippen LogP contribution in [0.3, 0.4) is 0 Å². The third-order valence-electron chi connectivity index (χ3n) is 3.09. The Balaban J connectivity index is 0.00000161. The van der Waals surface area contributed by atoms with Crippen molar-refractivity contribution in [3.63, 3.8) is 0 Å². The molecule has 3 rings (SSSR count). The fourth-order valence-electron chi connectivity index (χ4n) is 2.08. The van der Waals surface area contributed by atoms with Gasteiger partial charge in [-0.25, -0.2) is 4.98 Å². The maximum absolute atomic E-state index is 12.5. The number of hydrogen-bond donors (Lipinski definition) is 0. The van der Waals surface area contributed by atoms with E-state index >= 15 is 0 Å². The maximum Gasteiger partial charge on any atom is 1.00 e. The average molecular weight is 325 g/mol. The Morgan fingerprint density at radius 3 is 2.57 bits per heavy atom. The average Bonchev–Trinajstić information content (AvgIpc) is 2.47. The van der Waals surface area contributed by atoms with E-state index in [1.165, 1.54) is 10.9 Å². The molecule has 0 aliphatic heterocycles. The molecule has 3 nitrogen and oxygen atoms in total. The van der Waals surface area contributed by atoms with E-state index in [4.69, 9.17) is 24.2 Å². The van der Waals surface area contributed by atoms with Crippen LogP contribution in [0.25, 0.3) is 10.9 Å². The number of nitrogens with zero attached hydrogens (tertiary/aromatic N) is 2. The second-order valence-electron chi connectivity index (χ2n) is 4.44. The van der Waals surface area contributed by atoms with Gasteiger partial charge in [0, 0.05) is 5.02 Å². The van der Waals surface area contributed by atoms with Crippen LogP contribution in [0.2, 0.25) is 5.02 Å². The molecule has 0 fully saturated rings. The molecule has 0 saturated heterocycles. The zero-order valence-electron chi connectivity index (χ0n) is 11.4. The molecular formula is C15H10ClN2NaOS. The summed E-state index contributed by atoms with van der Waals surface area (Å²) in [6.07, 6.45) is 1.54. The summed E-state index contributed by atoms with van der Waals surface area (Å²) in [5, 5.41) is 0.690. The molecule has 0 N–H and O–H groups in total. The Bertz CT molecular complexity index is 836. The fourth-order valence-corrected chi connectivity index (χ4v) is 2.49. The van der Waals surface area contributed by atoms with Crippen molar-refractivity contribution in [3.05, 3.63) is 69.7 Å². The number of hydrogen-bond acceptors (Lipinski definition) is 3. The minimum absolute atomic E-state index is 0. The fraction of sp³-hybridized carbons (Fsp3) is 0.0667. The third-order valence-corrected chi connectivity index (χ3v) is 3.94. The zero-order chi connectivity index (χ0) is 14.1. The third kappa shape index (κ3) is 3.30. The van der Waals surface area contributed by atoms with Crippen LogP contribution in [0.15, 0.2) is 58.5 Å². The van der Waals surface area contributed by atoms with Gasteiger partial charge in [-0.1, -0.05) is 48.0 Å². The van der Waals surface area contributed by atoms with E-state index in [0.717, 1.165) is 5.56 Å². The predicted molar refractivity (Wildman–Crippen MR) is 82.2 cm³/mol. The first-order valence-electron chi connectivity index (χ1n) is 6.05. The van der Waals surface area contributed by atoms with Crippen LogP contribution < -0.4 is 35.1 Å². The second-order valence-corrected chi connectivity index (χ2v) is 5.25. The van der Waals surface area contributed by atoms with Crippen LogP contribution in [0.5, 0.6) is 0 Å². The van der Waals surface area contributed by atoms with Gasteiger partial charge in [-0.3, -0.25) is 9.36 Å². The van der Waals surface area contributed by atoms with Crippen molar-refractivity contribution in [3.8, 4) is 0 Å². The Labute approximate surface area is 154 Å². The number of aromatic nitrogens is 2. The molecule has 0 spiro atoms. The van der Waals surface area contributed by atoms with E-state index < -0.39 is 0 Å². The van der Waals surface area contributed by atoms with Gasteiger partial charge in [0.1, 0.15) is 0 Å². The normalized spacial score (nSPS) is 10.3. The van der Waals surface area contributed by atoms with Gasteiger partial charge < -0.3 is 12.6 Å². The van der Waals surface area contributed by atoms with Gasteiger partial charge in [-0.05, 0) is 11.6 Å². The van der Waals surface area contributed by atoms with E-state index in [2.05, 4.69) is 4.98 Å². The molecule has 0 atom stereocenters. The molecule has 21 heavy (non-hydrogen) atoms. The van der Waals surface area contributed by atoms with Crippen LogP contribution in [0.4, 0.5) is 0 Å². The molecule has 0 aliphatic rings. The Morgan fingerprint density at radius 1 is 1.14 bits per heavy atom. The smallest absolute Gasteiger partial charge is 0.778 e. The van der Waals surface area contributed by atoms with E-state index in [1.807, 2.05) is 30.3 Å². The van der Waals surface area contributed by atoms with E-state index in [9.17, 15) is 4.79 Å². The van der Waals surface area contributed by atoms with Gasteiger partial charge in [0.25, 0.3) is 5.56 Å². The number of fused-ring (bicyclic) bond motifs is 1. The topological polar surface area (TPSA) is 34.9 Å². The van der Waals surface area contributed by atoms with Gasteiger partial charge in [0.15, 0.2) is 0 Å². The molecule has 2 aromatic carbocycles. The van der Waals surface area contributed by atoms with Crippen molar-refractivity contribution in [2.45, 2.75) is 11.4 Å². The largest absolute Gasteiger partial charge is 1.00 e. The molecule has 0 saturated carbocycles. The van der Waals surface area contributed by atoms with Gasteiger partial charge in [-0.2, -0.15) is 4.90 Å². The predicted octanol–water partition coefficient (Wildman–Crippen LogP) is 0.00800. The monoisotopic (exact) mass is 324 g/mol. The minimum atomic E-state index is -0.171. The quantitative estimate of drug-likeness (QED) is 0.492. The molecule has 1 aromatic heterocycles. The molecule has 0 aliphatic carbocycles. The van der Waals surface area contributed by atoms with Gasteiger partial charge in [0.2, 0.25) is 0 Å². The SMILES string of the molecule is O=c1c2c(Cl)c([S-])ccc2ncn1Cc1ccccc1.[Na+]. The van der Waals surface area contributed by atoms with Crippen molar-refractivity contribution in [2.75, 3.05) is 0 Å². The van der Waals surface area contributed by atoms with Crippen LogP contribution in [0.1, 0.15) is 5.56 Å². The molecule has 0 bridgehead atoms. The Hall–Kier alpha value is -0.910. The van der Waals surface area contributed by atoms with Gasteiger partial charge in [0.05, 0.1) is 23.8 Å².